The van der Waals surface area contributed by atoms with Crippen molar-refractivity contribution in [2.24, 2.45) is 10.7 Å². The van der Waals surface area contributed by atoms with Gasteiger partial charge < -0.3 is 20.9 Å². The molecule has 1 aliphatic carbocycles. The van der Waals surface area contributed by atoms with E-state index in [2.05, 4.69) is 52.4 Å². The van der Waals surface area contributed by atoms with Gasteiger partial charge in [0, 0.05) is 18.3 Å². The largest absolute Gasteiger partial charge is 0.370 e. The molecule has 6 heteroatoms. The van der Waals surface area contributed by atoms with Crippen LogP contribution in [0.3, 0.4) is 0 Å². The van der Waals surface area contributed by atoms with Crippen LogP contribution >= 0.6 is 24.0 Å². The Balaban J connectivity index is 0.00000225. The van der Waals surface area contributed by atoms with Crippen molar-refractivity contribution in [3.63, 3.8) is 0 Å². The zero-order chi connectivity index (χ0) is 16.9. The normalized spacial score (nSPS) is 18.9. The van der Waals surface area contributed by atoms with Gasteiger partial charge in [-0.15, -0.1) is 24.0 Å². The summed E-state index contributed by atoms with van der Waals surface area (Å²) >= 11 is 0. The lowest BCUT2D eigenvalue weighted by Crippen LogP contribution is -2.42. The molecular formula is C19H32IN5. The second-order valence-electron chi connectivity index (χ2n) is 7.27. The summed E-state index contributed by atoms with van der Waals surface area (Å²) in [6.07, 6.45) is 6.17. The molecule has 5 nitrogen and oxygen atoms in total. The number of hydrogen-bond donors (Lipinski definition) is 2. The predicted molar refractivity (Wildman–Crippen MR) is 117 cm³/mol. The fraction of sp³-hybridized carbons (Fsp3) is 0.632. The van der Waals surface area contributed by atoms with Crippen LogP contribution in [0.25, 0.3) is 0 Å². The number of nitrogens with one attached hydrogen (secondary N) is 1. The Labute approximate surface area is 169 Å². The maximum Gasteiger partial charge on any atom is 0.193 e. The maximum atomic E-state index is 6.04. The highest BCUT2D eigenvalue weighted by atomic mass is 127. The number of guanidine groups is 1. The van der Waals surface area contributed by atoms with Gasteiger partial charge in [-0.1, -0.05) is 6.07 Å². The van der Waals surface area contributed by atoms with Gasteiger partial charge in [0.15, 0.2) is 5.96 Å². The van der Waals surface area contributed by atoms with Gasteiger partial charge in [-0.05, 0) is 82.5 Å². The van der Waals surface area contributed by atoms with Gasteiger partial charge in [-0.3, -0.25) is 4.99 Å². The highest BCUT2D eigenvalue weighted by Crippen LogP contribution is 2.24. The standard InChI is InChI=1S/C19H31N5.HI/c1-23(2)18-8-11-24(12-9-18)13-10-21-19(20)22-17-7-6-15-4-3-5-16(15)14-17;/h6-7,14,18H,3-5,8-13H2,1-2H3,(H3,20,21,22);1H. The van der Waals surface area contributed by atoms with Crippen LogP contribution in [0.15, 0.2) is 23.2 Å². The zero-order valence-corrected chi connectivity index (χ0v) is 17.8. The SMILES string of the molecule is CN(C)C1CCN(CCN=C(N)Nc2ccc3c(c2)CCC3)CC1.I. The Morgan fingerprint density at radius 1 is 1.24 bits per heavy atom. The van der Waals surface area contributed by atoms with Gasteiger partial charge in [0.1, 0.15) is 0 Å². The summed E-state index contributed by atoms with van der Waals surface area (Å²) in [5.74, 6) is 0.524. The number of anilines is 1. The molecule has 0 aromatic heterocycles. The number of aryl methyl sites for hydroxylation is 2. The first-order valence-corrected chi connectivity index (χ1v) is 9.19. The van der Waals surface area contributed by atoms with Crippen molar-refractivity contribution in [3.05, 3.63) is 29.3 Å². The van der Waals surface area contributed by atoms with E-state index < -0.39 is 0 Å². The number of fused-ring (bicyclic) bond motifs is 1. The second-order valence-corrected chi connectivity index (χ2v) is 7.27. The van der Waals surface area contributed by atoms with Crippen molar-refractivity contribution in [2.45, 2.75) is 38.1 Å². The van der Waals surface area contributed by atoms with Crippen molar-refractivity contribution in [2.75, 3.05) is 45.6 Å². The minimum absolute atomic E-state index is 0. The lowest BCUT2D eigenvalue weighted by Gasteiger charge is -2.34. The minimum atomic E-state index is 0. The van der Waals surface area contributed by atoms with Crippen LogP contribution in [0.2, 0.25) is 0 Å². The van der Waals surface area contributed by atoms with E-state index >= 15 is 0 Å². The first-order chi connectivity index (χ1) is 11.6. The Morgan fingerprint density at radius 2 is 1.96 bits per heavy atom. The number of rotatable bonds is 5. The lowest BCUT2D eigenvalue weighted by molar-refractivity contribution is 0.148. The number of likely N-dealkylation sites (tertiary alicyclic amines) is 1. The molecule has 1 saturated heterocycles. The number of benzene rings is 1. The number of hydrogen-bond acceptors (Lipinski definition) is 3. The number of nitrogens with zero attached hydrogens (tertiary/aromatic N) is 3. The average Bonchev–Trinajstić information content (AvgIpc) is 3.03. The van der Waals surface area contributed by atoms with Gasteiger partial charge in [0.25, 0.3) is 0 Å². The number of piperidine rings is 1. The van der Waals surface area contributed by atoms with Crippen LogP contribution in [0, 0.1) is 0 Å². The molecule has 0 amide bonds. The van der Waals surface area contributed by atoms with Gasteiger partial charge >= 0.3 is 0 Å². The summed E-state index contributed by atoms with van der Waals surface area (Å²) in [5, 5.41) is 3.23. The van der Waals surface area contributed by atoms with Crippen molar-refractivity contribution >= 4 is 35.6 Å². The molecule has 0 spiro atoms. The van der Waals surface area contributed by atoms with E-state index in [0.29, 0.717) is 5.96 Å². The highest BCUT2D eigenvalue weighted by Gasteiger charge is 2.19. The Bertz CT molecular complexity index is 579. The quantitative estimate of drug-likeness (QED) is 0.406. The second kappa shape index (κ2) is 9.73. The molecule has 3 rings (SSSR count). The molecule has 140 valence electrons. The molecular weight excluding hydrogens is 425 g/mol. The lowest BCUT2D eigenvalue weighted by atomic mass is 10.0. The van der Waals surface area contributed by atoms with Crippen LogP contribution in [-0.2, 0) is 12.8 Å². The Morgan fingerprint density at radius 3 is 2.68 bits per heavy atom. The molecule has 1 aromatic rings. The summed E-state index contributed by atoms with van der Waals surface area (Å²) in [6, 6.07) is 7.28. The molecule has 1 heterocycles. The van der Waals surface area contributed by atoms with Gasteiger partial charge in [-0.2, -0.15) is 0 Å². The third-order valence-electron chi connectivity index (χ3n) is 5.36. The fourth-order valence-electron chi connectivity index (χ4n) is 3.81. The molecule has 0 atom stereocenters. The maximum absolute atomic E-state index is 6.04. The van der Waals surface area contributed by atoms with Gasteiger partial charge in [-0.25, -0.2) is 0 Å². The summed E-state index contributed by atoms with van der Waals surface area (Å²) in [5.41, 5.74) is 10.0. The predicted octanol–water partition coefficient (Wildman–Crippen LogP) is 2.55. The first-order valence-electron chi connectivity index (χ1n) is 9.19. The zero-order valence-electron chi connectivity index (χ0n) is 15.5. The van der Waals surface area contributed by atoms with E-state index in [9.17, 15) is 0 Å². The van der Waals surface area contributed by atoms with Crippen LogP contribution in [0.1, 0.15) is 30.4 Å². The van der Waals surface area contributed by atoms with Gasteiger partial charge in [0.2, 0.25) is 0 Å². The van der Waals surface area contributed by atoms with Crippen LogP contribution in [-0.4, -0.2) is 62.1 Å². The van der Waals surface area contributed by atoms with Crippen molar-refractivity contribution in [3.8, 4) is 0 Å². The summed E-state index contributed by atoms with van der Waals surface area (Å²) in [4.78, 5) is 9.33. The van der Waals surface area contributed by atoms with Gasteiger partial charge in [0.05, 0.1) is 6.54 Å². The molecule has 2 aliphatic rings. The summed E-state index contributed by atoms with van der Waals surface area (Å²) in [7, 11) is 4.35. The minimum Gasteiger partial charge on any atom is -0.370 e. The smallest absolute Gasteiger partial charge is 0.193 e. The monoisotopic (exact) mass is 457 g/mol. The molecule has 0 unspecified atom stereocenters. The van der Waals surface area contributed by atoms with E-state index in [-0.39, 0.29) is 24.0 Å². The van der Waals surface area contributed by atoms with E-state index in [1.54, 1.807) is 0 Å². The molecule has 0 saturated carbocycles. The highest BCUT2D eigenvalue weighted by molar-refractivity contribution is 14.0. The number of nitrogens with two attached hydrogens (primary N) is 1. The third kappa shape index (κ3) is 5.82. The van der Waals surface area contributed by atoms with E-state index in [4.69, 9.17) is 5.73 Å². The van der Waals surface area contributed by atoms with E-state index in [1.165, 1.54) is 43.2 Å². The molecule has 0 radical (unpaired) electrons. The molecule has 1 fully saturated rings. The summed E-state index contributed by atoms with van der Waals surface area (Å²) in [6.45, 7) is 4.08. The van der Waals surface area contributed by atoms with Crippen molar-refractivity contribution in [1.29, 1.82) is 0 Å². The molecule has 25 heavy (non-hydrogen) atoms. The topological polar surface area (TPSA) is 56.9 Å². The molecule has 1 aliphatic heterocycles. The van der Waals surface area contributed by atoms with E-state index in [0.717, 1.165) is 37.9 Å². The number of halogens is 1. The van der Waals surface area contributed by atoms with Crippen molar-refractivity contribution in [1.82, 2.24) is 9.80 Å². The van der Waals surface area contributed by atoms with Crippen LogP contribution in [0.5, 0.6) is 0 Å². The first kappa shape index (κ1) is 20.5. The fourth-order valence-corrected chi connectivity index (χ4v) is 3.81. The summed E-state index contributed by atoms with van der Waals surface area (Å²) < 4.78 is 0. The number of aliphatic imine (C=N–C) groups is 1. The molecule has 1 aromatic carbocycles. The molecule has 0 bridgehead atoms. The van der Waals surface area contributed by atoms with Crippen LogP contribution < -0.4 is 11.1 Å². The van der Waals surface area contributed by atoms with Crippen molar-refractivity contribution < 1.29 is 0 Å². The Kier molecular flexibility index (Phi) is 7.96. The van der Waals surface area contributed by atoms with Crippen LogP contribution in [0.4, 0.5) is 5.69 Å². The third-order valence-corrected chi connectivity index (χ3v) is 5.36. The molecule has 3 N–H and O–H groups in total. The Hall–Kier alpha value is -0.860. The van der Waals surface area contributed by atoms with E-state index in [1.807, 2.05) is 0 Å². The average molecular weight is 457 g/mol.